The number of thioether (sulfide) groups is 1. The molecule has 0 aliphatic carbocycles. The first-order chi connectivity index (χ1) is 10.6. The third kappa shape index (κ3) is 5.61. The molecule has 114 valence electrons. The molecule has 0 radical (unpaired) electrons. The predicted molar refractivity (Wildman–Crippen MR) is 89.2 cm³/mol. The minimum Gasteiger partial charge on any atom is -0.426 e. The maximum absolute atomic E-state index is 11.8. The summed E-state index contributed by atoms with van der Waals surface area (Å²) in [6.07, 6.45) is 0. The van der Waals surface area contributed by atoms with Crippen molar-refractivity contribution in [1.82, 2.24) is 0 Å². The van der Waals surface area contributed by atoms with Crippen LogP contribution in [0.25, 0.3) is 0 Å². The van der Waals surface area contributed by atoms with Crippen LogP contribution in [0.15, 0.2) is 54.6 Å². The Hall–Kier alpha value is -2.27. The number of ether oxygens (including phenoxy) is 1. The largest absolute Gasteiger partial charge is 0.426 e. The van der Waals surface area contributed by atoms with Gasteiger partial charge < -0.3 is 10.1 Å². The quantitative estimate of drug-likeness (QED) is 0.656. The molecule has 2 aromatic carbocycles. The van der Waals surface area contributed by atoms with Gasteiger partial charge in [-0.05, 0) is 31.2 Å². The molecule has 22 heavy (non-hydrogen) atoms. The van der Waals surface area contributed by atoms with E-state index in [9.17, 15) is 9.59 Å². The van der Waals surface area contributed by atoms with Gasteiger partial charge in [-0.3, -0.25) is 9.59 Å². The smallest absolute Gasteiger partial charge is 0.321 e. The number of hydrogen-bond acceptors (Lipinski definition) is 4. The van der Waals surface area contributed by atoms with E-state index in [-0.39, 0.29) is 23.4 Å². The molecule has 0 saturated heterocycles. The summed E-state index contributed by atoms with van der Waals surface area (Å²) in [7, 11) is 0. The summed E-state index contributed by atoms with van der Waals surface area (Å²) in [5.74, 6) is 0.353. The minimum absolute atomic E-state index is 0.135. The fourth-order valence-electron chi connectivity index (χ4n) is 1.71. The van der Waals surface area contributed by atoms with Gasteiger partial charge in [-0.1, -0.05) is 35.9 Å². The lowest BCUT2D eigenvalue weighted by molar-refractivity contribution is -0.131. The van der Waals surface area contributed by atoms with Crippen molar-refractivity contribution in [3.63, 3.8) is 0 Å². The first-order valence-electron chi connectivity index (χ1n) is 6.83. The van der Waals surface area contributed by atoms with Crippen LogP contribution >= 0.6 is 11.8 Å². The normalized spacial score (nSPS) is 10.0. The maximum atomic E-state index is 11.8. The number of amides is 1. The third-order valence-electron chi connectivity index (χ3n) is 2.76. The van der Waals surface area contributed by atoms with Crippen molar-refractivity contribution in [2.24, 2.45) is 0 Å². The molecule has 2 rings (SSSR count). The molecule has 0 bridgehead atoms. The summed E-state index contributed by atoms with van der Waals surface area (Å²) in [6, 6.07) is 16.4. The van der Waals surface area contributed by atoms with Crippen LogP contribution in [-0.2, 0) is 9.59 Å². The Bertz CT molecular complexity index is 626. The topological polar surface area (TPSA) is 55.4 Å². The second-order valence-electron chi connectivity index (χ2n) is 4.69. The number of carbonyl (C=O) groups is 2. The van der Waals surface area contributed by atoms with Crippen molar-refractivity contribution in [3.8, 4) is 5.75 Å². The molecule has 4 nitrogen and oxygen atoms in total. The van der Waals surface area contributed by atoms with Gasteiger partial charge in [-0.2, -0.15) is 0 Å². The number of aryl methyl sites for hydroxylation is 1. The molecule has 1 amide bonds. The lowest BCUT2D eigenvalue weighted by Crippen LogP contribution is -2.17. The average molecular weight is 315 g/mol. The molecular weight excluding hydrogens is 298 g/mol. The van der Waals surface area contributed by atoms with Crippen molar-refractivity contribution in [2.45, 2.75) is 6.92 Å². The van der Waals surface area contributed by atoms with E-state index in [4.69, 9.17) is 4.74 Å². The van der Waals surface area contributed by atoms with Crippen LogP contribution in [0.5, 0.6) is 5.75 Å². The van der Waals surface area contributed by atoms with Crippen LogP contribution in [0.1, 0.15) is 5.56 Å². The van der Waals surface area contributed by atoms with Crippen LogP contribution in [-0.4, -0.2) is 23.4 Å². The van der Waals surface area contributed by atoms with Gasteiger partial charge in [0.25, 0.3) is 0 Å². The Balaban J connectivity index is 1.68. The first-order valence-corrected chi connectivity index (χ1v) is 7.99. The average Bonchev–Trinajstić information content (AvgIpc) is 2.50. The summed E-state index contributed by atoms with van der Waals surface area (Å²) < 4.78 is 5.14. The third-order valence-corrected chi connectivity index (χ3v) is 3.67. The number of esters is 1. The van der Waals surface area contributed by atoms with Crippen molar-refractivity contribution in [3.05, 3.63) is 60.2 Å². The maximum Gasteiger partial charge on any atom is 0.321 e. The molecule has 0 aliphatic rings. The molecule has 0 aliphatic heterocycles. The van der Waals surface area contributed by atoms with Crippen LogP contribution in [0, 0.1) is 6.92 Å². The highest BCUT2D eigenvalue weighted by Crippen LogP contribution is 2.12. The molecule has 0 spiro atoms. The Morgan fingerprint density at radius 2 is 1.68 bits per heavy atom. The Morgan fingerprint density at radius 3 is 2.36 bits per heavy atom. The summed E-state index contributed by atoms with van der Waals surface area (Å²) >= 11 is 1.22. The highest BCUT2D eigenvalue weighted by Gasteiger charge is 2.08. The number of para-hydroxylation sites is 1. The van der Waals surface area contributed by atoms with Gasteiger partial charge in [-0.25, -0.2) is 0 Å². The highest BCUT2D eigenvalue weighted by molar-refractivity contribution is 8.00. The Kier molecular flexibility index (Phi) is 6.03. The molecule has 0 unspecified atom stereocenters. The van der Waals surface area contributed by atoms with Gasteiger partial charge in [0, 0.05) is 5.69 Å². The van der Waals surface area contributed by atoms with Gasteiger partial charge in [0.15, 0.2) is 0 Å². The van der Waals surface area contributed by atoms with Crippen LogP contribution in [0.3, 0.4) is 0 Å². The van der Waals surface area contributed by atoms with Crippen LogP contribution < -0.4 is 10.1 Å². The molecular formula is C17H17NO3S. The molecule has 5 heteroatoms. The predicted octanol–water partition coefficient (Wildman–Crippen LogP) is 3.27. The molecule has 0 aromatic heterocycles. The van der Waals surface area contributed by atoms with Gasteiger partial charge in [0.2, 0.25) is 5.91 Å². The summed E-state index contributed by atoms with van der Waals surface area (Å²) in [5, 5.41) is 2.78. The minimum atomic E-state index is -0.362. The molecule has 0 fully saturated rings. The van der Waals surface area contributed by atoms with Crippen LogP contribution in [0.4, 0.5) is 5.69 Å². The van der Waals surface area contributed by atoms with E-state index in [1.165, 1.54) is 11.8 Å². The summed E-state index contributed by atoms with van der Waals surface area (Å²) in [6.45, 7) is 1.99. The number of nitrogens with one attached hydrogen (secondary N) is 1. The highest BCUT2D eigenvalue weighted by atomic mass is 32.2. The second-order valence-corrected chi connectivity index (χ2v) is 5.68. The lowest BCUT2D eigenvalue weighted by atomic mass is 10.2. The molecule has 0 saturated carbocycles. The van der Waals surface area contributed by atoms with E-state index >= 15 is 0 Å². The SMILES string of the molecule is Cc1ccc(NC(=O)CSCC(=O)Oc2ccccc2)cc1. The van der Waals surface area contributed by atoms with Gasteiger partial charge in [0.05, 0.1) is 11.5 Å². The number of rotatable bonds is 6. The number of anilines is 1. The summed E-state index contributed by atoms with van der Waals surface area (Å²) in [4.78, 5) is 23.4. The zero-order valence-corrected chi connectivity index (χ0v) is 13.1. The second kappa shape index (κ2) is 8.24. The van der Waals surface area contributed by atoms with E-state index in [0.29, 0.717) is 5.75 Å². The van der Waals surface area contributed by atoms with Gasteiger partial charge in [-0.15, -0.1) is 11.8 Å². The monoisotopic (exact) mass is 315 g/mol. The fourth-order valence-corrected chi connectivity index (χ4v) is 2.30. The number of carbonyl (C=O) groups excluding carboxylic acids is 2. The molecule has 1 N–H and O–H groups in total. The van der Waals surface area contributed by atoms with Crippen molar-refractivity contribution >= 4 is 29.3 Å². The van der Waals surface area contributed by atoms with Gasteiger partial charge in [0.1, 0.15) is 5.75 Å². The number of hydrogen-bond donors (Lipinski definition) is 1. The summed E-state index contributed by atoms with van der Waals surface area (Å²) in [5.41, 5.74) is 1.89. The van der Waals surface area contributed by atoms with Crippen molar-refractivity contribution in [2.75, 3.05) is 16.8 Å². The standard InChI is InChI=1S/C17H17NO3S/c1-13-7-9-14(10-8-13)18-16(19)11-22-12-17(20)21-15-5-3-2-4-6-15/h2-10H,11-12H2,1H3,(H,18,19). The molecule has 2 aromatic rings. The lowest BCUT2D eigenvalue weighted by Gasteiger charge is -2.06. The first kappa shape index (κ1) is 16.1. The zero-order chi connectivity index (χ0) is 15.8. The molecule has 0 heterocycles. The molecule has 0 atom stereocenters. The Morgan fingerprint density at radius 1 is 1.00 bits per heavy atom. The van der Waals surface area contributed by atoms with E-state index in [1.807, 2.05) is 37.3 Å². The van der Waals surface area contributed by atoms with Crippen LogP contribution in [0.2, 0.25) is 0 Å². The van der Waals surface area contributed by atoms with E-state index in [1.54, 1.807) is 24.3 Å². The van der Waals surface area contributed by atoms with E-state index in [0.717, 1.165) is 11.3 Å². The van der Waals surface area contributed by atoms with E-state index in [2.05, 4.69) is 5.32 Å². The zero-order valence-electron chi connectivity index (χ0n) is 12.2. The van der Waals surface area contributed by atoms with E-state index < -0.39 is 0 Å². The van der Waals surface area contributed by atoms with Crippen molar-refractivity contribution < 1.29 is 14.3 Å². The van der Waals surface area contributed by atoms with Gasteiger partial charge >= 0.3 is 5.97 Å². The van der Waals surface area contributed by atoms with Crippen molar-refractivity contribution in [1.29, 1.82) is 0 Å². The Labute approximate surface area is 133 Å². The fraction of sp³-hybridized carbons (Fsp3) is 0.176. The number of benzene rings is 2.